The van der Waals surface area contributed by atoms with Crippen molar-refractivity contribution in [1.29, 1.82) is 0 Å². The Balaban J connectivity index is 0.000000223. The molecule has 1 N–H and O–H groups in total. The summed E-state index contributed by atoms with van der Waals surface area (Å²) in [5, 5.41) is 4.66. The van der Waals surface area contributed by atoms with Crippen molar-refractivity contribution in [3.05, 3.63) is 96.4 Å². The Morgan fingerprint density at radius 3 is 1.62 bits per heavy atom. The van der Waals surface area contributed by atoms with E-state index in [1.54, 1.807) is 0 Å². The van der Waals surface area contributed by atoms with Gasteiger partial charge in [-0.25, -0.2) is 9.59 Å². The number of alkyl halides is 4. The van der Waals surface area contributed by atoms with Gasteiger partial charge < -0.3 is 28.1 Å². The number of amides is 2. The van der Waals surface area contributed by atoms with Crippen LogP contribution in [0.4, 0.5) is 21.0 Å². The zero-order valence-corrected chi connectivity index (χ0v) is 28.5. The SMILES string of the molecule is O=C(Nc1ccc(N(CCCl)CCCl)cc1)OCc1cc2ccccc2o1.O=C(OCc1cc2ccccc2o1)N(CCCl)CCCl. The number of halogens is 4. The molecule has 0 bridgehead atoms. The van der Waals surface area contributed by atoms with Crippen LogP contribution in [0.25, 0.3) is 21.9 Å². The summed E-state index contributed by atoms with van der Waals surface area (Å²) in [6.45, 7) is 2.40. The fourth-order valence-electron chi connectivity index (χ4n) is 4.56. The van der Waals surface area contributed by atoms with Gasteiger partial charge in [0.25, 0.3) is 0 Å². The number of fused-ring (bicyclic) bond motifs is 2. The third kappa shape index (κ3) is 11.2. The minimum Gasteiger partial charge on any atom is -0.457 e. The Labute approximate surface area is 293 Å². The first kappa shape index (κ1) is 36.1. The quantitative estimate of drug-likeness (QED) is 0.114. The number of carbonyl (C=O) groups excluding carboxylic acids is 2. The molecule has 2 heterocycles. The number of furan rings is 2. The Morgan fingerprint density at radius 2 is 1.13 bits per heavy atom. The van der Waals surface area contributed by atoms with Crippen LogP contribution in [0.1, 0.15) is 11.5 Å². The first-order valence-electron chi connectivity index (χ1n) is 14.8. The number of para-hydroxylation sites is 2. The number of carbonyl (C=O) groups is 2. The highest BCUT2D eigenvalue weighted by molar-refractivity contribution is 6.19. The van der Waals surface area contributed by atoms with Gasteiger partial charge in [-0.15, -0.1) is 46.4 Å². The van der Waals surface area contributed by atoms with E-state index in [0.29, 0.717) is 66.9 Å². The number of hydrogen-bond acceptors (Lipinski definition) is 7. The summed E-state index contributed by atoms with van der Waals surface area (Å²) in [6.07, 6.45) is -0.978. The fourth-order valence-corrected chi connectivity index (χ4v) is 5.37. The third-order valence-corrected chi connectivity index (χ3v) is 7.47. The van der Waals surface area contributed by atoms with Gasteiger partial charge in [0, 0.05) is 71.8 Å². The minimum atomic E-state index is -0.540. The van der Waals surface area contributed by atoms with Crippen molar-refractivity contribution in [3.63, 3.8) is 0 Å². The van der Waals surface area contributed by atoms with Gasteiger partial charge in [0.15, 0.2) is 13.2 Å². The van der Waals surface area contributed by atoms with Crippen LogP contribution in [0.2, 0.25) is 0 Å². The predicted octanol–water partition coefficient (Wildman–Crippen LogP) is 9.31. The molecule has 0 saturated carbocycles. The molecule has 0 aliphatic carbocycles. The zero-order valence-electron chi connectivity index (χ0n) is 25.5. The first-order valence-corrected chi connectivity index (χ1v) is 17.0. The maximum Gasteiger partial charge on any atom is 0.412 e. The highest BCUT2D eigenvalue weighted by Gasteiger charge is 2.15. The van der Waals surface area contributed by atoms with Gasteiger partial charge in [0.2, 0.25) is 0 Å². The molecule has 0 aliphatic rings. The second-order valence-electron chi connectivity index (χ2n) is 10.0. The van der Waals surface area contributed by atoms with Gasteiger partial charge in [0.05, 0.1) is 0 Å². The summed E-state index contributed by atoms with van der Waals surface area (Å²) < 4.78 is 21.6. The van der Waals surface area contributed by atoms with E-state index < -0.39 is 12.2 Å². The number of benzene rings is 3. The largest absolute Gasteiger partial charge is 0.457 e. The second-order valence-corrected chi connectivity index (χ2v) is 11.5. The summed E-state index contributed by atoms with van der Waals surface area (Å²) in [4.78, 5) is 27.4. The average molecular weight is 723 g/mol. The molecule has 5 aromatic rings. The van der Waals surface area contributed by atoms with Crippen LogP contribution in [-0.4, -0.2) is 66.8 Å². The zero-order chi connectivity index (χ0) is 33.4. The van der Waals surface area contributed by atoms with E-state index in [1.165, 1.54) is 4.90 Å². The summed E-state index contributed by atoms with van der Waals surface area (Å²) in [6, 6.07) is 26.4. The lowest BCUT2D eigenvalue weighted by Crippen LogP contribution is -2.34. The normalized spacial score (nSPS) is 10.7. The molecule has 0 radical (unpaired) electrons. The predicted molar refractivity (Wildman–Crippen MR) is 190 cm³/mol. The maximum absolute atomic E-state index is 12.0. The third-order valence-electron chi connectivity index (χ3n) is 6.79. The van der Waals surface area contributed by atoms with Crippen molar-refractivity contribution in [1.82, 2.24) is 4.90 Å². The molecule has 2 amide bonds. The lowest BCUT2D eigenvalue weighted by Gasteiger charge is -2.23. The number of rotatable bonds is 14. The van der Waals surface area contributed by atoms with E-state index in [4.69, 9.17) is 64.7 Å². The van der Waals surface area contributed by atoms with Gasteiger partial charge in [-0.3, -0.25) is 5.32 Å². The molecule has 0 spiro atoms. The molecular formula is C34H35Cl4N3O6. The van der Waals surface area contributed by atoms with E-state index in [-0.39, 0.29) is 13.2 Å². The highest BCUT2D eigenvalue weighted by Crippen LogP contribution is 2.22. The molecule has 0 unspecified atom stereocenters. The minimum absolute atomic E-state index is 0.0673. The summed E-state index contributed by atoms with van der Waals surface area (Å²) in [7, 11) is 0. The van der Waals surface area contributed by atoms with Crippen LogP contribution in [0, 0.1) is 0 Å². The van der Waals surface area contributed by atoms with Crippen LogP contribution >= 0.6 is 46.4 Å². The topological polar surface area (TPSA) is 97.4 Å². The molecule has 0 fully saturated rings. The summed E-state index contributed by atoms with van der Waals surface area (Å²) >= 11 is 22.9. The Hall–Kier alpha value is -3.76. The summed E-state index contributed by atoms with van der Waals surface area (Å²) in [5.74, 6) is 2.93. The molecule has 13 heteroatoms. The number of nitrogens with zero attached hydrogens (tertiary/aromatic N) is 2. The van der Waals surface area contributed by atoms with Crippen LogP contribution < -0.4 is 10.2 Å². The van der Waals surface area contributed by atoms with Crippen LogP contribution in [-0.2, 0) is 22.7 Å². The van der Waals surface area contributed by atoms with E-state index in [0.717, 1.165) is 27.6 Å². The van der Waals surface area contributed by atoms with Gasteiger partial charge in [-0.05, 0) is 48.5 Å². The van der Waals surface area contributed by atoms with Crippen molar-refractivity contribution in [3.8, 4) is 0 Å². The molecule has 0 aliphatic heterocycles. The molecule has 250 valence electrons. The molecule has 9 nitrogen and oxygen atoms in total. The number of ether oxygens (including phenoxy) is 2. The molecule has 3 aromatic carbocycles. The Kier molecular flexibility index (Phi) is 14.7. The lowest BCUT2D eigenvalue weighted by atomic mass is 10.2. The standard InChI is InChI=1S/C20H20Cl2N2O3.C14H15Cl2NO3/c21-9-11-24(12-10-22)17-7-5-16(6-8-17)23-20(25)26-14-18-13-15-3-1-2-4-19(15)27-18;15-5-7-17(8-6-16)14(18)19-10-12-9-11-3-1-2-4-13(11)20-12/h1-8,13H,9-12,14H2,(H,23,25);1-4,9H,5-8,10H2. The van der Waals surface area contributed by atoms with E-state index >= 15 is 0 Å². The molecule has 5 rings (SSSR count). The van der Waals surface area contributed by atoms with Crippen molar-refractivity contribution < 1.29 is 27.9 Å². The van der Waals surface area contributed by atoms with Gasteiger partial charge in [0.1, 0.15) is 22.7 Å². The van der Waals surface area contributed by atoms with Gasteiger partial charge in [-0.2, -0.15) is 0 Å². The number of nitrogens with one attached hydrogen (secondary N) is 1. The summed E-state index contributed by atoms with van der Waals surface area (Å²) in [5.41, 5.74) is 3.19. The van der Waals surface area contributed by atoms with Crippen molar-refractivity contribution in [2.45, 2.75) is 13.2 Å². The van der Waals surface area contributed by atoms with Crippen LogP contribution in [0.3, 0.4) is 0 Å². The van der Waals surface area contributed by atoms with Crippen molar-refractivity contribution in [2.75, 3.05) is 59.9 Å². The monoisotopic (exact) mass is 721 g/mol. The van der Waals surface area contributed by atoms with Crippen molar-refractivity contribution in [2.24, 2.45) is 0 Å². The van der Waals surface area contributed by atoms with Crippen LogP contribution in [0.15, 0.2) is 93.8 Å². The van der Waals surface area contributed by atoms with E-state index in [9.17, 15) is 9.59 Å². The Morgan fingerprint density at radius 1 is 0.638 bits per heavy atom. The highest BCUT2D eigenvalue weighted by atomic mass is 35.5. The molecular weight excluding hydrogens is 688 g/mol. The molecule has 2 aromatic heterocycles. The number of hydrogen-bond donors (Lipinski definition) is 1. The van der Waals surface area contributed by atoms with E-state index in [1.807, 2.05) is 84.9 Å². The molecule has 0 saturated heterocycles. The van der Waals surface area contributed by atoms with Gasteiger partial charge >= 0.3 is 12.2 Å². The second kappa shape index (κ2) is 19.2. The fraction of sp³-hybridized carbons (Fsp3) is 0.294. The first-order chi connectivity index (χ1) is 22.9. The van der Waals surface area contributed by atoms with Crippen LogP contribution in [0.5, 0.6) is 0 Å². The molecule has 0 atom stereocenters. The van der Waals surface area contributed by atoms with Gasteiger partial charge in [-0.1, -0.05) is 36.4 Å². The maximum atomic E-state index is 12.0. The molecule has 47 heavy (non-hydrogen) atoms. The number of anilines is 2. The van der Waals surface area contributed by atoms with Crippen molar-refractivity contribution >= 4 is 91.9 Å². The smallest absolute Gasteiger partial charge is 0.412 e. The lowest BCUT2D eigenvalue weighted by molar-refractivity contribution is 0.0944. The Bertz CT molecular complexity index is 1620. The van der Waals surface area contributed by atoms with E-state index in [2.05, 4.69) is 10.2 Å². The average Bonchev–Trinajstić information content (AvgIpc) is 3.70.